The lowest BCUT2D eigenvalue weighted by Crippen LogP contribution is -2.17. The van der Waals surface area contributed by atoms with Crippen LogP contribution < -0.4 is 15.6 Å². The maximum Gasteiger partial charge on any atom is 0.597 e. The lowest BCUT2D eigenvalue weighted by Gasteiger charge is -2.08. The highest BCUT2D eigenvalue weighted by molar-refractivity contribution is 7.49. The molecule has 2 aromatic carbocycles. The van der Waals surface area contributed by atoms with Gasteiger partial charge in [-0.15, -0.1) is 0 Å². The third kappa shape index (κ3) is 2.90. The molecule has 0 fully saturated rings. The quantitative estimate of drug-likeness (QED) is 0.876. The van der Waals surface area contributed by atoms with Crippen LogP contribution in [0.15, 0.2) is 36.4 Å². The molecule has 1 atom stereocenters. The van der Waals surface area contributed by atoms with Gasteiger partial charge in [0.05, 0.1) is 0 Å². The van der Waals surface area contributed by atoms with Crippen molar-refractivity contribution in [1.82, 2.24) is 0 Å². The van der Waals surface area contributed by atoms with Crippen LogP contribution in [0.2, 0.25) is 0 Å². The van der Waals surface area contributed by atoms with Crippen molar-refractivity contribution in [3.8, 4) is 5.75 Å². The largest absolute Gasteiger partial charge is 0.597 e. The summed E-state index contributed by atoms with van der Waals surface area (Å²) >= 11 is 0. The Balaban J connectivity index is 2.41. The molecule has 0 aliphatic rings. The van der Waals surface area contributed by atoms with E-state index in [0.717, 1.165) is 27.6 Å². The van der Waals surface area contributed by atoms with Crippen LogP contribution >= 0.6 is 8.03 Å². The van der Waals surface area contributed by atoms with Crippen LogP contribution in [0.1, 0.15) is 22.3 Å². The molecule has 3 nitrogen and oxygen atoms in total. The minimum absolute atomic E-state index is 0.358. The standard InChI is InChI=1S/C16H19NO2P/c1-11-9-14(10-17)16(13(3)12(11)2)20(18)19-15-7-5-4-6-8-15/h4-9H,10,17H2,1-3H3/q+1. The predicted octanol–water partition coefficient (Wildman–Crippen LogP) is 3.52. The van der Waals surface area contributed by atoms with E-state index in [-0.39, 0.29) is 0 Å². The van der Waals surface area contributed by atoms with Gasteiger partial charge in [-0.05, 0) is 54.7 Å². The minimum atomic E-state index is -1.96. The Morgan fingerprint density at radius 2 is 1.75 bits per heavy atom. The molecule has 0 aliphatic carbocycles. The van der Waals surface area contributed by atoms with Crippen LogP contribution in [0, 0.1) is 20.8 Å². The molecule has 0 heterocycles. The number of hydrogen-bond donors (Lipinski definition) is 1. The molecule has 2 aromatic rings. The van der Waals surface area contributed by atoms with E-state index in [0.29, 0.717) is 12.3 Å². The van der Waals surface area contributed by atoms with E-state index >= 15 is 0 Å². The third-order valence-electron chi connectivity index (χ3n) is 3.54. The van der Waals surface area contributed by atoms with Crippen molar-refractivity contribution in [3.05, 3.63) is 58.7 Å². The minimum Gasteiger partial charge on any atom is -0.326 e. The number of nitrogens with two attached hydrogens (primary N) is 1. The van der Waals surface area contributed by atoms with Crippen LogP contribution in [0.5, 0.6) is 5.75 Å². The van der Waals surface area contributed by atoms with Crippen molar-refractivity contribution in [2.75, 3.05) is 0 Å². The molecule has 104 valence electrons. The molecule has 0 amide bonds. The highest BCUT2D eigenvalue weighted by Crippen LogP contribution is 2.30. The highest BCUT2D eigenvalue weighted by Gasteiger charge is 2.31. The fourth-order valence-corrected chi connectivity index (χ4v) is 3.42. The van der Waals surface area contributed by atoms with Gasteiger partial charge in [0.1, 0.15) is 0 Å². The van der Waals surface area contributed by atoms with E-state index in [1.807, 2.05) is 45.0 Å². The summed E-state index contributed by atoms with van der Waals surface area (Å²) in [6.07, 6.45) is 0. The highest BCUT2D eigenvalue weighted by atomic mass is 31.1. The number of hydrogen-bond acceptors (Lipinski definition) is 3. The van der Waals surface area contributed by atoms with E-state index in [4.69, 9.17) is 10.3 Å². The fraction of sp³-hybridized carbons (Fsp3) is 0.250. The first-order valence-corrected chi connectivity index (χ1v) is 7.72. The molecule has 0 saturated heterocycles. The first kappa shape index (κ1) is 14.7. The van der Waals surface area contributed by atoms with Gasteiger partial charge in [-0.25, -0.2) is 0 Å². The van der Waals surface area contributed by atoms with Crippen LogP contribution in [0.4, 0.5) is 0 Å². The lowest BCUT2D eigenvalue weighted by molar-refractivity contribution is 0.514. The van der Waals surface area contributed by atoms with Gasteiger partial charge >= 0.3 is 8.03 Å². The smallest absolute Gasteiger partial charge is 0.326 e. The van der Waals surface area contributed by atoms with E-state index in [9.17, 15) is 4.57 Å². The Morgan fingerprint density at radius 3 is 2.35 bits per heavy atom. The fourth-order valence-electron chi connectivity index (χ4n) is 2.18. The number of benzene rings is 2. The van der Waals surface area contributed by atoms with Gasteiger partial charge < -0.3 is 5.73 Å². The van der Waals surface area contributed by atoms with E-state index in [2.05, 4.69) is 0 Å². The molecule has 4 heteroatoms. The van der Waals surface area contributed by atoms with E-state index < -0.39 is 8.03 Å². The van der Waals surface area contributed by atoms with Crippen LogP contribution in [-0.4, -0.2) is 0 Å². The third-order valence-corrected chi connectivity index (χ3v) is 4.90. The maximum absolute atomic E-state index is 12.5. The molecule has 0 bridgehead atoms. The normalized spacial score (nSPS) is 11.3. The van der Waals surface area contributed by atoms with Gasteiger partial charge in [0, 0.05) is 17.7 Å². The summed E-state index contributed by atoms with van der Waals surface area (Å²) in [6.45, 7) is 6.39. The van der Waals surface area contributed by atoms with Crippen molar-refractivity contribution < 1.29 is 9.09 Å². The molecule has 0 saturated carbocycles. The second-order valence-corrected chi connectivity index (χ2v) is 5.96. The van der Waals surface area contributed by atoms with Gasteiger partial charge in [0.25, 0.3) is 0 Å². The molecular formula is C16H19NO2P+. The number of para-hydroxylation sites is 1. The van der Waals surface area contributed by atoms with E-state index in [1.54, 1.807) is 12.1 Å². The molecule has 0 radical (unpaired) electrons. The monoisotopic (exact) mass is 288 g/mol. The molecule has 20 heavy (non-hydrogen) atoms. The zero-order chi connectivity index (χ0) is 14.7. The average Bonchev–Trinajstić information content (AvgIpc) is 2.45. The van der Waals surface area contributed by atoms with Crippen molar-refractivity contribution in [3.63, 3.8) is 0 Å². The Kier molecular flexibility index (Phi) is 4.53. The van der Waals surface area contributed by atoms with Crippen LogP contribution in [0.3, 0.4) is 0 Å². The molecule has 0 aromatic heterocycles. The van der Waals surface area contributed by atoms with Crippen molar-refractivity contribution in [2.24, 2.45) is 5.73 Å². The van der Waals surface area contributed by atoms with Gasteiger partial charge in [-0.1, -0.05) is 18.2 Å². The molecule has 0 aliphatic heterocycles. The van der Waals surface area contributed by atoms with Gasteiger partial charge in [0.2, 0.25) is 5.30 Å². The topological polar surface area (TPSA) is 52.3 Å². The first-order valence-electron chi connectivity index (χ1n) is 6.54. The summed E-state index contributed by atoms with van der Waals surface area (Å²) < 4.78 is 18.1. The van der Waals surface area contributed by atoms with Crippen molar-refractivity contribution in [2.45, 2.75) is 27.3 Å². The summed E-state index contributed by atoms with van der Waals surface area (Å²) in [5, 5.41) is 0.731. The SMILES string of the molecule is Cc1cc(CN)c([P+](=O)Oc2ccccc2)c(C)c1C. The average molecular weight is 288 g/mol. The number of aryl methyl sites for hydroxylation is 1. The second kappa shape index (κ2) is 6.17. The Morgan fingerprint density at radius 1 is 1.10 bits per heavy atom. The van der Waals surface area contributed by atoms with Gasteiger partial charge in [0.15, 0.2) is 5.75 Å². The zero-order valence-electron chi connectivity index (χ0n) is 12.0. The van der Waals surface area contributed by atoms with Crippen LogP contribution in [-0.2, 0) is 11.1 Å². The predicted molar refractivity (Wildman–Crippen MR) is 82.9 cm³/mol. The Hall–Kier alpha value is -1.70. The summed E-state index contributed by atoms with van der Waals surface area (Å²) in [7, 11) is -1.96. The maximum atomic E-state index is 12.5. The van der Waals surface area contributed by atoms with Crippen molar-refractivity contribution in [1.29, 1.82) is 0 Å². The van der Waals surface area contributed by atoms with Gasteiger partial charge in [-0.3, -0.25) is 4.52 Å². The lowest BCUT2D eigenvalue weighted by atomic mass is 10.0. The Bertz CT molecular complexity index is 639. The summed E-state index contributed by atoms with van der Waals surface area (Å²) in [4.78, 5) is 0. The second-order valence-electron chi connectivity index (χ2n) is 4.82. The zero-order valence-corrected chi connectivity index (χ0v) is 12.9. The molecule has 2 rings (SSSR count). The molecular weight excluding hydrogens is 269 g/mol. The summed E-state index contributed by atoms with van der Waals surface area (Å²) in [6, 6.07) is 11.2. The summed E-state index contributed by atoms with van der Waals surface area (Å²) in [5.41, 5.74) is 9.98. The Labute approximate surface area is 120 Å². The summed E-state index contributed by atoms with van der Waals surface area (Å²) in [5.74, 6) is 0.606. The first-order chi connectivity index (χ1) is 9.54. The van der Waals surface area contributed by atoms with Crippen molar-refractivity contribution >= 4 is 13.3 Å². The molecule has 2 N–H and O–H groups in total. The van der Waals surface area contributed by atoms with E-state index in [1.165, 1.54) is 0 Å². The van der Waals surface area contributed by atoms with Crippen LogP contribution in [0.25, 0.3) is 0 Å². The number of rotatable bonds is 4. The van der Waals surface area contributed by atoms with Gasteiger partial charge in [-0.2, -0.15) is 0 Å². The molecule has 1 unspecified atom stereocenters. The molecule has 0 spiro atoms.